The van der Waals surface area contributed by atoms with Crippen molar-refractivity contribution in [3.8, 4) is 0 Å². The molecule has 1 saturated carbocycles. The smallest absolute Gasteiger partial charge is 0.0987 e. The largest absolute Gasteiger partial charge is 0.377 e. The molecule has 1 heterocycles. The molecule has 1 aromatic heterocycles. The molecule has 0 saturated heterocycles. The summed E-state index contributed by atoms with van der Waals surface area (Å²) in [5.41, 5.74) is 1.14. The molecule has 0 amide bonds. The third-order valence-electron chi connectivity index (χ3n) is 3.70. The van der Waals surface area contributed by atoms with E-state index >= 15 is 0 Å². The number of nitrogens with one attached hydrogen (secondary N) is 1. The Morgan fingerprint density at radius 3 is 2.74 bits per heavy atom. The molecule has 0 aliphatic heterocycles. The Morgan fingerprint density at radius 2 is 2.21 bits per heavy atom. The number of hydrogen-bond donors (Lipinski definition) is 1. The number of rotatable bonds is 6. The zero-order valence-corrected chi connectivity index (χ0v) is 13.2. The van der Waals surface area contributed by atoms with E-state index < -0.39 is 0 Å². The number of aryl methyl sites for hydroxylation is 2. The average Bonchev–Trinajstić information content (AvgIpc) is 2.67. The molecule has 2 rings (SSSR count). The highest BCUT2D eigenvalue weighted by molar-refractivity contribution is 7.11. The van der Waals surface area contributed by atoms with Gasteiger partial charge < -0.3 is 14.8 Å². The van der Waals surface area contributed by atoms with Crippen molar-refractivity contribution in [1.82, 2.24) is 10.3 Å². The Morgan fingerprint density at radius 1 is 1.47 bits per heavy atom. The third kappa shape index (κ3) is 3.16. The highest BCUT2D eigenvalue weighted by Gasteiger charge is 2.42. The van der Waals surface area contributed by atoms with Crippen molar-refractivity contribution in [2.45, 2.75) is 58.4 Å². The van der Waals surface area contributed by atoms with Gasteiger partial charge in [-0.05, 0) is 34.1 Å². The van der Waals surface area contributed by atoms with Gasteiger partial charge in [-0.15, -0.1) is 11.3 Å². The van der Waals surface area contributed by atoms with Crippen molar-refractivity contribution < 1.29 is 9.47 Å². The minimum atomic E-state index is 0.164. The summed E-state index contributed by atoms with van der Waals surface area (Å²) in [5.74, 6) is 0. The molecule has 4 unspecified atom stereocenters. The lowest BCUT2D eigenvalue weighted by Crippen LogP contribution is -2.60. The van der Waals surface area contributed by atoms with Crippen LogP contribution in [0, 0.1) is 13.8 Å². The fourth-order valence-corrected chi connectivity index (χ4v) is 3.72. The average molecular weight is 284 g/mol. The van der Waals surface area contributed by atoms with Crippen LogP contribution in [-0.2, 0) is 9.47 Å². The lowest BCUT2D eigenvalue weighted by atomic mass is 9.84. The SMILES string of the molecule is CCOC1CC(NC(C)c2sc(C)nc2C)C1OC. The van der Waals surface area contributed by atoms with E-state index in [9.17, 15) is 0 Å². The molecule has 1 fully saturated rings. The van der Waals surface area contributed by atoms with E-state index in [-0.39, 0.29) is 12.2 Å². The van der Waals surface area contributed by atoms with Gasteiger partial charge in [-0.1, -0.05) is 0 Å². The fraction of sp³-hybridized carbons (Fsp3) is 0.786. The van der Waals surface area contributed by atoms with Crippen LogP contribution in [0.3, 0.4) is 0 Å². The molecule has 0 radical (unpaired) electrons. The van der Waals surface area contributed by atoms with Gasteiger partial charge in [0.15, 0.2) is 0 Å². The zero-order chi connectivity index (χ0) is 14.0. The van der Waals surface area contributed by atoms with Gasteiger partial charge in [0.1, 0.15) is 0 Å². The van der Waals surface area contributed by atoms with Gasteiger partial charge in [-0.2, -0.15) is 0 Å². The summed E-state index contributed by atoms with van der Waals surface area (Å²) < 4.78 is 11.2. The minimum absolute atomic E-state index is 0.164. The maximum atomic E-state index is 5.65. The van der Waals surface area contributed by atoms with Crippen LogP contribution < -0.4 is 5.32 Å². The second-order valence-corrected chi connectivity index (χ2v) is 6.34. The van der Waals surface area contributed by atoms with Crippen molar-refractivity contribution in [2.75, 3.05) is 13.7 Å². The first-order valence-electron chi connectivity index (χ1n) is 6.91. The molecule has 19 heavy (non-hydrogen) atoms. The standard InChI is InChI=1S/C14H24N2O2S/c1-6-18-12-7-11(13(12)17-5)16-9(3)14-8(2)15-10(4)19-14/h9,11-13,16H,6-7H2,1-5H3. The molecule has 1 aliphatic rings. The Bertz CT molecular complexity index is 422. The molecular weight excluding hydrogens is 260 g/mol. The van der Waals surface area contributed by atoms with E-state index in [1.54, 1.807) is 18.4 Å². The van der Waals surface area contributed by atoms with E-state index in [0.29, 0.717) is 12.1 Å². The molecule has 4 nitrogen and oxygen atoms in total. The maximum absolute atomic E-state index is 5.65. The summed E-state index contributed by atoms with van der Waals surface area (Å²) in [7, 11) is 1.76. The Labute approximate surface area is 119 Å². The molecule has 1 aliphatic carbocycles. The number of nitrogens with zero attached hydrogens (tertiary/aromatic N) is 1. The van der Waals surface area contributed by atoms with E-state index in [0.717, 1.165) is 23.7 Å². The first-order chi connectivity index (χ1) is 9.06. The van der Waals surface area contributed by atoms with E-state index in [2.05, 4.69) is 31.1 Å². The van der Waals surface area contributed by atoms with Gasteiger partial charge in [-0.25, -0.2) is 4.98 Å². The van der Waals surface area contributed by atoms with Gasteiger partial charge in [0.05, 0.1) is 22.9 Å². The Hall–Kier alpha value is -0.490. The van der Waals surface area contributed by atoms with Crippen LogP contribution in [0.25, 0.3) is 0 Å². The predicted octanol–water partition coefficient (Wildman–Crippen LogP) is 2.60. The molecule has 4 atom stereocenters. The number of methoxy groups -OCH3 is 1. The van der Waals surface area contributed by atoms with Crippen LogP contribution in [0.1, 0.15) is 41.9 Å². The van der Waals surface area contributed by atoms with Crippen molar-refractivity contribution >= 4 is 11.3 Å². The second kappa shape index (κ2) is 6.31. The quantitative estimate of drug-likeness (QED) is 0.872. The summed E-state index contributed by atoms with van der Waals surface area (Å²) in [5, 5.41) is 4.77. The number of ether oxygens (including phenoxy) is 2. The van der Waals surface area contributed by atoms with E-state index in [1.165, 1.54) is 4.88 Å². The molecule has 1 N–H and O–H groups in total. The summed E-state index contributed by atoms with van der Waals surface area (Å²) in [6.45, 7) is 9.11. The summed E-state index contributed by atoms with van der Waals surface area (Å²) in [6.07, 6.45) is 1.42. The first kappa shape index (κ1) is 14.9. The normalized spacial score (nSPS) is 28.2. The van der Waals surface area contributed by atoms with Crippen LogP contribution in [0.4, 0.5) is 0 Å². The van der Waals surface area contributed by atoms with Crippen LogP contribution in [0.2, 0.25) is 0 Å². The van der Waals surface area contributed by atoms with E-state index in [1.807, 2.05) is 6.92 Å². The molecule has 5 heteroatoms. The molecular formula is C14H24N2O2S. The molecule has 0 aromatic carbocycles. The van der Waals surface area contributed by atoms with Crippen LogP contribution >= 0.6 is 11.3 Å². The maximum Gasteiger partial charge on any atom is 0.0987 e. The van der Waals surface area contributed by atoms with Gasteiger partial charge in [0.2, 0.25) is 0 Å². The zero-order valence-electron chi connectivity index (χ0n) is 12.4. The minimum Gasteiger partial charge on any atom is -0.377 e. The summed E-state index contributed by atoms with van der Waals surface area (Å²) in [4.78, 5) is 5.82. The van der Waals surface area contributed by atoms with Crippen molar-refractivity contribution in [2.24, 2.45) is 0 Å². The molecule has 1 aromatic rings. The third-order valence-corrected chi connectivity index (χ3v) is 4.95. The van der Waals surface area contributed by atoms with Gasteiger partial charge in [0.25, 0.3) is 0 Å². The van der Waals surface area contributed by atoms with E-state index in [4.69, 9.17) is 9.47 Å². The van der Waals surface area contributed by atoms with Crippen molar-refractivity contribution in [1.29, 1.82) is 0 Å². The molecule has 0 spiro atoms. The lowest BCUT2D eigenvalue weighted by molar-refractivity contribution is -0.132. The Balaban J connectivity index is 1.93. The summed E-state index contributed by atoms with van der Waals surface area (Å²) >= 11 is 1.77. The van der Waals surface area contributed by atoms with Crippen molar-refractivity contribution in [3.05, 3.63) is 15.6 Å². The predicted molar refractivity (Wildman–Crippen MR) is 77.8 cm³/mol. The fourth-order valence-electron chi connectivity index (χ4n) is 2.78. The second-order valence-electron chi connectivity index (χ2n) is 5.11. The monoisotopic (exact) mass is 284 g/mol. The van der Waals surface area contributed by atoms with Gasteiger partial charge in [0, 0.05) is 30.7 Å². The van der Waals surface area contributed by atoms with Crippen LogP contribution in [-0.4, -0.2) is 37.0 Å². The number of hydrogen-bond acceptors (Lipinski definition) is 5. The first-order valence-corrected chi connectivity index (χ1v) is 7.72. The number of aromatic nitrogens is 1. The molecule has 0 bridgehead atoms. The topological polar surface area (TPSA) is 43.4 Å². The summed E-state index contributed by atoms with van der Waals surface area (Å²) in [6, 6.07) is 0.690. The van der Waals surface area contributed by atoms with Gasteiger partial charge in [-0.3, -0.25) is 0 Å². The highest BCUT2D eigenvalue weighted by Crippen LogP contribution is 2.31. The number of thiazole rings is 1. The van der Waals surface area contributed by atoms with Crippen LogP contribution in [0.5, 0.6) is 0 Å². The highest BCUT2D eigenvalue weighted by atomic mass is 32.1. The lowest BCUT2D eigenvalue weighted by Gasteiger charge is -2.44. The molecule has 108 valence electrons. The van der Waals surface area contributed by atoms with Crippen molar-refractivity contribution in [3.63, 3.8) is 0 Å². The van der Waals surface area contributed by atoms with Crippen LogP contribution in [0.15, 0.2) is 0 Å². The van der Waals surface area contributed by atoms with Gasteiger partial charge >= 0.3 is 0 Å². The Kier molecular flexibility index (Phi) is 4.95.